The third-order valence-electron chi connectivity index (χ3n) is 1.65. The van der Waals surface area contributed by atoms with Crippen LogP contribution in [0, 0.1) is 6.92 Å². The summed E-state index contributed by atoms with van der Waals surface area (Å²) in [7, 11) is 0. The molecule has 2 nitrogen and oxygen atoms in total. The molecule has 0 aromatic heterocycles. The van der Waals surface area contributed by atoms with Gasteiger partial charge in [0.1, 0.15) is 0 Å². The van der Waals surface area contributed by atoms with Crippen LogP contribution in [0.5, 0.6) is 11.5 Å². The Bertz CT molecular complexity index is 269. The highest BCUT2D eigenvalue weighted by Crippen LogP contribution is 2.30. The molecule has 0 bridgehead atoms. The molecule has 0 aliphatic heterocycles. The zero-order valence-electron chi connectivity index (χ0n) is 8.17. The van der Waals surface area contributed by atoms with E-state index in [9.17, 15) is 0 Å². The summed E-state index contributed by atoms with van der Waals surface area (Å²) in [6.07, 6.45) is 0. The van der Waals surface area contributed by atoms with Crippen molar-refractivity contribution in [1.82, 2.24) is 0 Å². The summed E-state index contributed by atoms with van der Waals surface area (Å²) in [5.41, 5.74) is 0.868. The molecule has 1 aromatic carbocycles. The molecule has 0 aliphatic rings. The summed E-state index contributed by atoms with van der Waals surface area (Å²) in [6, 6.07) is 5.71. The fourth-order valence-corrected chi connectivity index (χ4v) is 1.14. The lowest BCUT2D eigenvalue weighted by molar-refractivity contribution is 0.287. The molecule has 1 aromatic rings. The Morgan fingerprint density at radius 3 is 2.46 bits per heavy atom. The maximum Gasteiger partial charge on any atom is 0.164 e. The van der Waals surface area contributed by atoms with Gasteiger partial charge in [0.15, 0.2) is 11.5 Å². The monoisotopic (exact) mass is 179 g/mol. The van der Waals surface area contributed by atoms with Gasteiger partial charge < -0.3 is 9.47 Å². The van der Waals surface area contributed by atoms with Gasteiger partial charge in [-0.1, -0.05) is 12.1 Å². The topological polar surface area (TPSA) is 18.5 Å². The van der Waals surface area contributed by atoms with Crippen LogP contribution in [0.1, 0.15) is 19.4 Å². The van der Waals surface area contributed by atoms with Crippen molar-refractivity contribution in [3.8, 4) is 11.5 Å². The largest absolute Gasteiger partial charge is 0.490 e. The number of hydrogen-bond acceptors (Lipinski definition) is 2. The quantitative estimate of drug-likeness (QED) is 0.707. The molecule has 1 radical (unpaired) electrons. The summed E-state index contributed by atoms with van der Waals surface area (Å²) in [5, 5.41) is 0. The number of ether oxygens (including phenoxy) is 2. The minimum absolute atomic E-state index is 0.632. The molecule has 0 amide bonds. The number of hydrogen-bond donors (Lipinski definition) is 0. The van der Waals surface area contributed by atoms with Crippen LogP contribution in [0.3, 0.4) is 0 Å². The summed E-state index contributed by atoms with van der Waals surface area (Å²) >= 11 is 0. The summed E-state index contributed by atoms with van der Waals surface area (Å²) in [4.78, 5) is 0. The Morgan fingerprint density at radius 1 is 1.15 bits per heavy atom. The van der Waals surface area contributed by atoms with E-state index in [1.165, 1.54) is 0 Å². The number of rotatable bonds is 4. The molecule has 0 N–H and O–H groups in total. The third-order valence-corrected chi connectivity index (χ3v) is 1.65. The SMILES string of the molecule is [CH2]c1cccc(OCC)c1OCC. The molecule has 13 heavy (non-hydrogen) atoms. The standard InChI is InChI=1S/C11H15O2/c1-4-12-10-8-6-7-9(3)11(10)13-5-2/h6-8H,3-5H2,1-2H3. The third kappa shape index (κ3) is 2.38. The van der Waals surface area contributed by atoms with E-state index in [0.717, 1.165) is 17.1 Å². The predicted molar refractivity (Wildman–Crippen MR) is 53.2 cm³/mol. The van der Waals surface area contributed by atoms with Gasteiger partial charge in [-0.2, -0.15) is 0 Å². The van der Waals surface area contributed by atoms with E-state index in [2.05, 4.69) is 6.92 Å². The lowest BCUT2D eigenvalue weighted by Gasteiger charge is -2.12. The van der Waals surface area contributed by atoms with E-state index >= 15 is 0 Å². The molecule has 71 valence electrons. The van der Waals surface area contributed by atoms with Gasteiger partial charge in [0, 0.05) is 0 Å². The van der Waals surface area contributed by atoms with Crippen LogP contribution < -0.4 is 9.47 Å². The van der Waals surface area contributed by atoms with Gasteiger partial charge >= 0.3 is 0 Å². The van der Waals surface area contributed by atoms with Crippen LogP contribution in [0.15, 0.2) is 18.2 Å². The van der Waals surface area contributed by atoms with Gasteiger partial charge in [0.25, 0.3) is 0 Å². The fourth-order valence-electron chi connectivity index (χ4n) is 1.14. The Balaban J connectivity index is 2.95. The molecule has 0 aliphatic carbocycles. The van der Waals surface area contributed by atoms with Crippen molar-refractivity contribution < 1.29 is 9.47 Å². The lowest BCUT2D eigenvalue weighted by Crippen LogP contribution is -1.99. The maximum atomic E-state index is 5.43. The van der Waals surface area contributed by atoms with Crippen LogP contribution in [0.25, 0.3) is 0 Å². The number of para-hydroxylation sites is 1. The van der Waals surface area contributed by atoms with Crippen molar-refractivity contribution in [2.24, 2.45) is 0 Å². The van der Waals surface area contributed by atoms with E-state index in [-0.39, 0.29) is 0 Å². The zero-order valence-corrected chi connectivity index (χ0v) is 8.17. The Morgan fingerprint density at radius 2 is 1.85 bits per heavy atom. The molecule has 1 rings (SSSR count). The highest BCUT2D eigenvalue weighted by Gasteiger charge is 2.06. The smallest absolute Gasteiger partial charge is 0.164 e. The minimum atomic E-state index is 0.632. The molecule has 0 saturated carbocycles. The van der Waals surface area contributed by atoms with Crippen LogP contribution in [0.4, 0.5) is 0 Å². The van der Waals surface area contributed by atoms with E-state index in [1.807, 2.05) is 32.0 Å². The minimum Gasteiger partial charge on any atom is -0.490 e. The summed E-state index contributed by atoms with van der Waals surface area (Å²) < 4.78 is 10.8. The first-order chi connectivity index (χ1) is 6.29. The molecule has 0 unspecified atom stereocenters. The van der Waals surface area contributed by atoms with Gasteiger partial charge in [-0.3, -0.25) is 0 Å². The normalized spacial score (nSPS) is 9.77. The average Bonchev–Trinajstić information content (AvgIpc) is 2.11. The number of benzene rings is 1. The Kier molecular flexibility index (Phi) is 3.62. The van der Waals surface area contributed by atoms with Gasteiger partial charge in [-0.15, -0.1) is 0 Å². The van der Waals surface area contributed by atoms with E-state index in [0.29, 0.717) is 13.2 Å². The molecule has 0 fully saturated rings. The van der Waals surface area contributed by atoms with Crippen molar-refractivity contribution in [2.45, 2.75) is 13.8 Å². The fraction of sp³-hybridized carbons (Fsp3) is 0.364. The van der Waals surface area contributed by atoms with Crippen molar-refractivity contribution >= 4 is 0 Å². The Hall–Kier alpha value is -1.18. The first kappa shape index (κ1) is 9.90. The van der Waals surface area contributed by atoms with Crippen LogP contribution in [0.2, 0.25) is 0 Å². The first-order valence-electron chi connectivity index (χ1n) is 4.50. The molecule has 0 saturated heterocycles. The van der Waals surface area contributed by atoms with Gasteiger partial charge in [-0.05, 0) is 32.4 Å². The highest BCUT2D eigenvalue weighted by molar-refractivity contribution is 5.47. The second kappa shape index (κ2) is 4.75. The molecular weight excluding hydrogens is 164 g/mol. The molecule has 2 heteroatoms. The highest BCUT2D eigenvalue weighted by atomic mass is 16.5. The van der Waals surface area contributed by atoms with Crippen LogP contribution in [-0.2, 0) is 0 Å². The second-order valence-electron chi connectivity index (χ2n) is 2.61. The molecular formula is C11H15O2. The van der Waals surface area contributed by atoms with Crippen molar-refractivity contribution in [3.05, 3.63) is 30.7 Å². The van der Waals surface area contributed by atoms with E-state index < -0.39 is 0 Å². The molecule has 0 atom stereocenters. The summed E-state index contributed by atoms with van der Waals surface area (Å²) in [6.45, 7) is 9.05. The second-order valence-corrected chi connectivity index (χ2v) is 2.61. The molecule has 0 heterocycles. The zero-order chi connectivity index (χ0) is 9.68. The summed E-state index contributed by atoms with van der Waals surface area (Å²) in [5.74, 6) is 1.53. The van der Waals surface area contributed by atoms with Crippen LogP contribution in [-0.4, -0.2) is 13.2 Å². The molecule has 0 spiro atoms. The van der Waals surface area contributed by atoms with Crippen molar-refractivity contribution in [1.29, 1.82) is 0 Å². The first-order valence-corrected chi connectivity index (χ1v) is 4.50. The van der Waals surface area contributed by atoms with E-state index in [4.69, 9.17) is 9.47 Å². The van der Waals surface area contributed by atoms with E-state index in [1.54, 1.807) is 0 Å². The van der Waals surface area contributed by atoms with Crippen molar-refractivity contribution in [2.75, 3.05) is 13.2 Å². The Labute approximate surface area is 79.5 Å². The van der Waals surface area contributed by atoms with Crippen molar-refractivity contribution in [3.63, 3.8) is 0 Å². The van der Waals surface area contributed by atoms with Crippen LogP contribution >= 0.6 is 0 Å². The average molecular weight is 179 g/mol. The predicted octanol–water partition coefficient (Wildman–Crippen LogP) is 2.67. The maximum absolute atomic E-state index is 5.43. The van der Waals surface area contributed by atoms with Gasteiger partial charge in [0.2, 0.25) is 0 Å². The van der Waals surface area contributed by atoms with Gasteiger partial charge in [0.05, 0.1) is 13.2 Å². The van der Waals surface area contributed by atoms with Gasteiger partial charge in [-0.25, -0.2) is 0 Å². The lowest BCUT2D eigenvalue weighted by atomic mass is 10.2.